The molecule has 1 unspecified atom stereocenters. The molecule has 4 aliphatic carbocycles. The van der Waals surface area contributed by atoms with Crippen LogP contribution in [0.15, 0.2) is 0 Å². The van der Waals surface area contributed by atoms with Crippen molar-refractivity contribution in [2.24, 2.45) is 58.2 Å². The first-order valence-corrected chi connectivity index (χ1v) is 17.9. The highest BCUT2D eigenvalue weighted by Gasteiger charge is 2.60. The van der Waals surface area contributed by atoms with Crippen molar-refractivity contribution in [3.05, 3.63) is 0 Å². The fourth-order valence-corrected chi connectivity index (χ4v) is 10.5. The number of hydrogen-bond acceptors (Lipinski definition) is 2. The van der Waals surface area contributed by atoms with Gasteiger partial charge in [-0.3, -0.25) is 0 Å². The van der Waals surface area contributed by atoms with E-state index in [2.05, 4.69) is 48.5 Å². The van der Waals surface area contributed by atoms with E-state index in [9.17, 15) is 5.11 Å². The maximum atomic E-state index is 9.47. The quantitative estimate of drug-likeness (QED) is 0.233. The van der Waals surface area contributed by atoms with Crippen molar-refractivity contribution in [1.82, 2.24) is 0 Å². The van der Waals surface area contributed by atoms with E-state index in [-0.39, 0.29) is 0 Å². The molecule has 0 heterocycles. The Labute approximate surface area is 245 Å². The topological polar surface area (TPSA) is 29.5 Å². The molecule has 4 aliphatic rings. The summed E-state index contributed by atoms with van der Waals surface area (Å²) < 4.78 is 5.31. The number of fused-ring (bicyclic) bond motifs is 5. The van der Waals surface area contributed by atoms with Crippen LogP contribution >= 0.6 is 0 Å². The van der Waals surface area contributed by atoms with Gasteiger partial charge in [0, 0.05) is 19.8 Å². The number of aliphatic hydroxyl groups is 1. The Morgan fingerprint density at radius 3 is 2.08 bits per heavy atom. The zero-order valence-corrected chi connectivity index (χ0v) is 27.6. The van der Waals surface area contributed by atoms with Gasteiger partial charge in [-0.2, -0.15) is 0 Å². The highest BCUT2D eigenvalue weighted by atomic mass is 16.5. The van der Waals surface area contributed by atoms with E-state index in [1.165, 1.54) is 89.9 Å². The van der Waals surface area contributed by atoms with Crippen LogP contribution in [0.1, 0.15) is 158 Å². The Balaban J connectivity index is 0.000000403. The van der Waals surface area contributed by atoms with Gasteiger partial charge in [-0.25, -0.2) is 0 Å². The summed E-state index contributed by atoms with van der Waals surface area (Å²) in [6, 6.07) is 0. The maximum absolute atomic E-state index is 9.47. The average molecular weight is 547 g/mol. The number of rotatable bonds is 13. The van der Waals surface area contributed by atoms with Gasteiger partial charge < -0.3 is 9.84 Å². The van der Waals surface area contributed by atoms with Crippen LogP contribution in [0.25, 0.3) is 0 Å². The van der Waals surface area contributed by atoms with Crippen LogP contribution in [0.5, 0.6) is 0 Å². The summed E-state index contributed by atoms with van der Waals surface area (Å²) in [5.74, 6) is 7.36. The lowest BCUT2D eigenvalue weighted by Gasteiger charge is -2.61. The third-order valence-corrected chi connectivity index (χ3v) is 13.1. The lowest BCUT2D eigenvalue weighted by atomic mass is 9.44. The minimum Gasteiger partial charge on any atom is -0.396 e. The zero-order valence-electron chi connectivity index (χ0n) is 27.6. The van der Waals surface area contributed by atoms with Crippen molar-refractivity contribution in [3.8, 4) is 0 Å². The number of aliphatic hydroxyl groups excluding tert-OH is 1. The monoisotopic (exact) mass is 547 g/mol. The van der Waals surface area contributed by atoms with Gasteiger partial charge in [-0.15, -0.1) is 0 Å². The second-order valence-electron chi connectivity index (χ2n) is 15.5. The molecule has 1 N–H and O–H groups in total. The Kier molecular flexibility index (Phi) is 13.7. The lowest BCUT2D eigenvalue weighted by Crippen LogP contribution is -2.53. The number of hydrogen-bond donors (Lipinski definition) is 1. The third kappa shape index (κ3) is 8.06. The fourth-order valence-electron chi connectivity index (χ4n) is 10.5. The van der Waals surface area contributed by atoms with Crippen LogP contribution in [0.4, 0.5) is 0 Å². The molecule has 230 valence electrons. The molecular weight excluding hydrogens is 476 g/mol. The molecule has 0 amide bonds. The number of unbranched alkanes of at least 4 members (excludes halogenated alkanes) is 2. The molecule has 0 bridgehead atoms. The second-order valence-corrected chi connectivity index (χ2v) is 15.5. The van der Waals surface area contributed by atoms with Crippen molar-refractivity contribution in [3.63, 3.8) is 0 Å². The summed E-state index contributed by atoms with van der Waals surface area (Å²) in [5, 5.41) is 9.47. The molecule has 0 aliphatic heterocycles. The minimum absolute atomic E-state index is 0.364. The summed E-state index contributed by atoms with van der Waals surface area (Å²) in [6.45, 7) is 19.4. The van der Waals surface area contributed by atoms with Crippen molar-refractivity contribution in [2.45, 2.75) is 158 Å². The summed E-state index contributed by atoms with van der Waals surface area (Å²) in [7, 11) is 0. The van der Waals surface area contributed by atoms with E-state index in [4.69, 9.17) is 4.74 Å². The van der Waals surface area contributed by atoms with Crippen molar-refractivity contribution >= 4 is 0 Å². The molecule has 4 fully saturated rings. The van der Waals surface area contributed by atoms with Gasteiger partial charge in [-0.05, 0) is 135 Å². The number of ether oxygens (including phenoxy) is 1. The molecule has 4 saturated carbocycles. The highest BCUT2D eigenvalue weighted by Crippen LogP contribution is 2.68. The first-order valence-electron chi connectivity index (χ1n) is 17.9. The van der Waals surface area contributed by atoms with Crippen LogP contribution in [0, 0.1) is 58.2 Å². The van der Waals surface area contributed by atoms with Gasteiger partial charge in [0.15, 0.2) is 0 Å². The maximum Gasteiger partial charge on any atom is 0.0465 e. The summed E-state index contributed by atoms with van der Waals surface area (Å²) >= 11 is 0. The largest absolute Gasteiger partial charge is 0.396 e. The molecule has 0 aromatic rings. The molecule has 0 saturated heterocycles. The predicted molar refractivity (Wildman–Crippen MR) is 169 cm³/mol. The van der Waals surface area contributed by atoms with E-state index in [0.717, 1.165) is 55.1 Å². The van der Waals surface area contributed by atoms with Crippen LogP contribution in [-0.2, 0) is 4.74 Å². The van der Waals surface area contributed by atoms with Crippen molar-refractivity contribution in [1.29, 1.82) is 0 Å². The SMILES string of the molecule is CC(C)[C@H](CCO)CC[C@@H](C)[C@H]1CC[C@H]2[C@@H]3CCC4CCCC[C@]4(C)[C@H]3CC[C@]12C.CCCCOCCCC. The van der Waals surface area contributed by atoms with E-state index < -0.39 is 0 Å². The molecular formula is C37H70O2. The second kappa shape index (κ2) is 16.0. The summed E-state index contributed by atoms with van der Waals surface area (Å²) in [6.07, 6.45) is 23.9. The molecule has 2 nitrogen and oxygen atoms in total. The van der Waals surface area contributed by atoms with Crippen molar-refractivity contribution in [2.75, 3.05) is 19.8 Å². The molecule has 9 atom stereocenters. The Morgan fingerprint density at radius 2 is 1.44 bits per heavy atom. The molecule has 4 rings (SSSR count). The molecule has 2 heteroatoms. The van der Waals surface area contributed by atoms with E-state index in [1.807, 2.05) is 0 Å². The van der Waals surface area contributed by atoms with Crippen LogP contribution < -0.4 is 0 Å². The highest BCUT2D eigenvalue weighted by molar-refractivity contribution is 5.09. The van der Waals surface area contributed by atoms with Gasteiger partial charge in [0.25, 0.3) is 0 Å². The smallest absolute Gasteiger partial charge is 0.0465 e. The van der Waals surface area contributed by atoms with Crippen LogP contribution in [0.3, 0.4) is 0 Å². The molecule has 0 aromatic heterocycles. The lowest BCUT2D eigenvalue weighted by molar-refractivity contribution is -0.114. The van der Waals surface area contributed by atoms with Crippen LogP contribution in [0.2, 0.25) is 0 Å². The Morgan fingerprint density at radius 1 is 0.744 bits per heavy atom. The molecule has 39 heavy (non-hydrogen) atoms. The summed E-state index contributed by atoms with van der Waals surface area (Å²) in [5.41, 5.74) is 1.30. The normalized spacial score (nSPS) is 37.3. The fraction of sp³-hybridized carbons (Fsp3) is 1.00. The standard InChI is InChI=1S/C29H52O.C8H18O/c1-20(2)22(16-19-30)10-9-21(3)25-13-14-26-24-12-11-23-8-6-7-17-28(23,4)27(24)15-18-29(25,26)5;1-3-5-7-9-8-6-4-2/h20-27,30H,6-19H2,1-5H3;3-8H2,1-2H3/t21-,22+,23?,24+,25-,26+,27+,28+,29-;/m1./s1. The van der Waals surface area contributed by atoms with E-state index >= 15 is 0 Å². The molecule has 0 aromatic carbocycles. The predicted octanol–water partition coefficient (Wildman–Crippen LogP) is 10.7. The first-order chi connectivity index (χ1) is 18.7. The summed E-state index contributed by atoms with van der Waals surface area (Å²) in [4.78, 5) is 0. The van der Waals surface area contributed by atoms with Crippen molar-refractivity contribution < 1.29 is 9.84 Å². The van der Waals surface area contributed by atoms with E-state index in [0.29, 0.717) is 29.3 Å². The first kappa shape index (κ1) is 33.4. The van der Waals surface area contributed by atoms with Crippen LogP contribution in [-0.4, -0.2) is 24.9 Å². The van der Waals surface area contributed by atoms with Gasteiger partial charge in [0.1, 0.15) is 0 Å². The van der Waals surface area contributed by atoms with Gasteiger partial charge in [0.05, 0.1) is 0 Å². The van der Waals surface area contributed by atoms with Gasteiger partial charge >= 0.3 is 0 Å². The molecule has 0 radical (unpaired) electrons. The Bertz CT molecular complexity index is 668. The Hall–Kier alpha value is -0.0800. The van der Waals surface area contributed by atoms with Gasteiger partial charge in [0.2, 0.25) is 0 Å². The minimum atomic E-state index is 0.364. The third-order valence-electron chi connectivity index (χ3n) is 13.1. The molecule has 0 spiro atoms. The van der Waals surface area contributed by atoms with E-state index in [1.54, 1.807) is 12.8 Å². The van der Waals surface area contributed by atoms with Gasteiger partial charge in [-0.1, -0.05) is 80.6 Å². The average Bonchev–Trinajstić information content (AvgIpc) is 3.28. The zero-order chi connectivity index (χ0) is 28.5.